The molecule has 78 valence electrons. The fourth-order valence-electron chi connectivity index (χ4n) is 1.18. The Hall–Kier alpha value is -1.08. The van der Waals surface area contributed by atoms with E-state index in [1.807, 2.05) is 6.08 Å². The summed E-state index contributed by atoms with van der Waals surface area (Å²) in [5.74, 6) is 0.577. The molecule has 0 spiro atoms. The van der Waals surface area contributed by atoms with Gasteiger partial charge in [-0.15, -0.1) is 6.58 Å². The van der Waals surface area contributed by atoms with Crippen LogP contribution in [-0.2, 0) is 6.42 Å². The first-order valence-corrected chi connectivity index (χ1v) is 4.85. The third-order valence-corrected chi connectivity index (χ3v) is 2.08. The number of benzene rings is 1. The average Bonchev–Trinajstić information content (AvgIpc) is 2.24. The lowest BCUT2D eigenvalue weighted by atomic mass is 10.0. The van der Waals surface area contributed by atoms with Gasteiger partial charge in [0.2, 0.25) is 0 Å². The van der Waals surface area contributed by atoms with Crippen molar-refractivity contribution in [3.8, 4) is 0 Å². The lowest BCUT2D eigenvalue weighted by molar-refractivity contribution is 0.399. The summed E-state index contributed by atoms with van der Waals surface area (Å²) >= 11 is 0. The van der Waals surface area contributed by atoms with Crippen molar-refractivity contribution in [1.82, 2.24) is 0 Å². The minimum atomic E-state index is 0.577. The number of aliphatic hydroxyl groups is 1. The molecule has 1 rings (SSSR count). The summed E-state index contributed by atoms with van der Waals surface area (Å²) in [4.78, 5) is 0. The Kier molecular flexibility index (Phi) is 6.77. The molecule has 1 aromatic rings. The van der Waals surface area contributed by atoms with Crippen molar-refractivity contribution in [3.05, 3.63) is 48.0 Å². The number of hydrogen-bond donors (Lipinski definition) is 1. The molecule has 0 aromatic heterocycles. The van der Waals surface area contributed by atoms with Gasteiger partial charge in [-0.2, -0.15) is 0 Å². The van der Waals surface area contributed by atoms with Crippen molar-refractivity contribution in [2.75, 3.05) is 7.11 Å². The highest BCUT2D eigenvalue weighted by atomic mass is 16.2. The van der Waals surface area contributed by atoms with Crippen molar-refractivity contribution in [2.45, 2.75) is 20.3 Å². The molecule has 1 N–H and O–H groups in total. The van der Waals surface area contributed by atoms with Crippen molar-refractivity contribution < 1.29 is 5.11 Å². The van der Waals surface area contributed by atoms with Gasteiger partial charge >= 0.3 is 0 Å². The summed E-state index contributed by atoms with van der Waals surface area (Å²) in [7, 11) is 1.00. The number of allylic oxidation sites excluding steroid dienone is 1. The third-order valence-electron chi connectivity index (χ3n) is 2.08. The lowest BCUT2D eigenvalue weighted by Crippen LogP contribution is -1.94. The van der Waals surface area contributed by atoms with Crippen LogP contribution >= 0.6 is 0 Å². The van der Waals surface area contributed by atoms with Crippen LogP contribution in [0.1, 0.15) is 18.1 Å². The zero-order chi connectivity index (χ0) is 11.0. The van der Waals surface area contributed by atoms with E-state index in [1.54, 1.807) is 0 Å². The van der Waals surface area contributed by atoms with Gasteiger partial charge in [0, 0.05) is 7.11 Å². The number of rotatable bonds is 3. The molecule has 1 unspecified atom stereocenters. The molecule has 0 aliphatic heterocycles. The molecule has 0 heterocycles. The molecule has 0 aliphatic carbocycles. The van der Waals surface area contributed by atoms with E-state index in [9.17, 15) is 0 Å². The van der Waals surface area contributed by atoms with Crippen molar-refractivity contribution in [3.63, 3.8) is 0 Å². The maximum absolute atomic E-state index is 7.00. The van der Waals surface area contributed by atoms with Gasteiger partial charge in [-0.3, -0.25) is 0 Å². The van der Waals surface area contributed by atoms with Crippen LogP contribution in [0.25, 0.3) is 0 Å². The molecular formula is C13H20O. The molecular weight excluding hydrogens is 172 g/mol. The molecule has 1 atom stereocenters. The van der Waals surface area contributed by atoms with E-state index in [2.05, 4.69) is 44.7 Å². The van der Waals surface area contributed by atoms with Gasteiger partial charge in [-0.05, 0) is 24.8 Å². The SMILES string of the molecule is C=CC(C)Cc1ccc(C)cc1.CO. The summed E-state index contributed by atoms with van der Waals surface area (Å²) in [6.45, 7) is 8.07. The molecule has 1 aromatic carbocycles. The molecule has 0 radical (unpaired) electrons. The predicted octanol–water partition coefficient (Wildman–Crippen LogP) is 2.97. The Morgan fingerprint density at radius 3 is 2.21 bits per heavy atom. The minimum absolute atomic E-state index is 0.577. The molecule has 0 amide bonds. The highest BCUT2D eigenvalue weighted by Crippen LogP contribution is 2.09. The van der Waals surface area contributed by atoms with Crippen LogP contribution in [-0.4, -0.2) is 12.2 Å². The van der Waals surface area contributed by atoms with E-state index >= 15 is 0 Å². The summed E-state index contributed by atoms with van der Waals surface area (Å²) in [5.41, 5.74) is 2.72. The first-order chi connectivity index (χ1) is 6.72. The minimum Gasteiger partial charge on any atom is -0.400 e. The van der Waals surface area contributed by atoms with Crippen molar-refractivity contribution in [1.29, 1.82) is 0 Å². The quantitative estimate of drug-likeness (QED) is 0.730. The summed E-state index contributed by atoms with van der Waals surface area (Å²) in [5, 5.41) is 7.00. The van der Waals surface area contributed by atoms with Gasteiger partial charge < -0.3 is 5.11 Å². The molecule has 1 heteroatoms. The number of aliphatic hydroxyl groups excluding tert-OH is 1. The highest BCUT2D eigenvalue weighted by molar-refractivity contribution is 5.21. The van der Waals surface area contributed by atoms with E-state index < -0.39 is 0 Å². The number of aryl methyl sites for hydroxylation is 1. The summed E-state index contributed by atoms with van der Waals surface area (Å²) in [6, 6.07) is 8.70. The van der Waals surface area contributed by atoms with Crippen LogP contribution in [0.2, 0.25) is 0 Å². The van der Waals surface area contributed by atoms with Crippen LogP contribution in [0.4, 0.5) is 0 Å². The molecule has 0 bridgehead atoms. The topological polar surface area (TPSA) is 20.2 Å². The summed E-state index contributed by atoms with van der Waals surface area (Å²) < 4.78 is 0. The Balaban J connectivity index is 0.000000791. The average molecular weight is 192 g/mol. The second kappa shape index (κ2) is 7.34. The van der Waals surface area contributed by atoms with Gasteiger partial charge in [0.1, 0.15) is 0 Å². The lowest BCUT2D eigenvalue weighted by Gasteiger charge is -2.05. The van der Waals surface area contributed by atoms with Gasteiger partial charge in [-0.1, -0.05) is 42.8 Å². The summed E-state index contributed by atoms with van der Waals surface area (Å²) in [6.07, 6.45) is 3.10. The fraction of sp³-hybridized carbons (Fsp3) is 0.385. The zero-order valence-electron chi connectivity index (χ0n) is 9.33. The van der Waals surface area contributed by atoms with Crippen LogP contribution in [0.3, 0.4) is 0 Å². The highest BCUT2D eigenvalue weighted by Gasteiger charge is 1.97. The third kappa shape index (κ3) is 4.83. The second-order valence-corrected chi connectivity index (χ2v) is 3.40. The van der Waals surface area contributed by atoms with Crippen LogP contribution in [0.5, 0.6) is 0 Å². The van der Waals surface area contributed by atoms with E-state index in [0.29, 0.717) is 5.92 Å². The van der Waals surface area contributed by atoms with Gasteiger partial charge in [0.05, 0.1) is 0 Å². The van der Waals surface area contributed by atoms with Crippen molar-refractivity contribution in [2.24, 2.45) is 5.92 Å². The van der Waals surface area contributed by atoms with Crippen LogP contribution < -0.4 is 0 Å². The maximum Gasteiger partial charge on any atom is 0.0319 e. The van der Waals surface area contributed by atoms with E-state index in [1.165, 1.54) is 11.1 Å². The zero-order valence-corrected chi connectivity index (χ0v) is 9.33. The normalized spacial score (nSPS) is 11.1. The monoisotopic (exact) mass is 192 g/mol. The Morgan fingerprint density at radius 2 is 1.79 bits per heavy atom. The predicted molar refractivity (Wildman–Crippen MR) is 62.4 cm³/mol. The van der Waals surface area contributed by atoms with Crippen molar-refractivity contribution >= 4 is 0 Å². The maximum atomic E-state index is 7.00. The van der Waals surface area contributed by atoms with Gasteiger partial charge in [-0.25, -0.2) is 0 Å². The Labute approximate surface area is 87.1 Å². The molecule has 0 saturated carbocycles. The van der Waals surface area contributed by atoms with E-state index in [-0.39, 0.29) is 0 Å². The van der Waals surface area contributed by atoms with Gasteiger partial charge in [0.15, 0.2) is 0 Å². The standard InChI is InChI=1S/C12H16.CH4O/c1-4-10(2)9-12-7-5-11(3)6-8-12;1-2/h4-8,10H,1,9H2,2-3H3;2H,1H3. The smallest absolute Gasteiger partial charge is 0.0319 e. The van der Waals surface area contributed by atoms with E-state index in [4.69, 9.17) is 5.11 Å². The largest absolute Gasteiger partial charge is 0.400 e. The van der Waals surface area contributed by atoms with Crippen LogP contribution in [0, 0.1) is 12.8 Å². The molecule has 0 saturated heterocycles. The second-order valence-electron chi connectivity index (χ2n) is 3.40. The molecule has 0 aliphatic rings. The first-order valence-electron chi connectivity index (χ1n) is 4.85. The first kappa shape index (κ1) is 12.9. The Bertz CT molecular complexity index is 248. The molecule has 14 heavy (non-hydrogen) atoms. The fourth-order valence-corrected chi connectivity index (χ4v) is 1.18. The van der Waals surface area contributed by atoms with E-state index in [0.717, 1.165) is 13.5 Å². The number of hydrogen-bond acceptors (Lipinski definition) is 1. The Morgan fingerprint density at radius 1 is 1.29 bits per heavy atom. The molecule has 1 nitrogen and oxygen atoms in total. The van der Waals surface area contributed by atoms with Crippen LogP contribution in [0.15, 0.2) is 36.9 Å². The van der Waals surface area contributed by atoms with Gasteiger partial charge in [0.25, 0.3) is 0 Å². The molecule has 0 fully saturated rings.